The SMILES string of the molecule is C=C(C)[C@@H]1CCC(=C)[C@H](Cc2occc2C)[C@@]1(C)CCC(=O)O. The van der Waals surface area contributed by atoms with Crippen molar-refractivity contribution in [2.24, 2.45) is 17.3 Å². The van der Waals surface area contributed by atoms with Gasteiger partial charge in [0.25, 0.3) is 0 Å². The van der Waals surface area contributed by atoms with Gasteiger partial charge in [0, 0.05) is 12.8 Å². The van der Waals surface area contributed by atoms with Gasteiger partial charge in [0.1, 0.15) is 5.76 Å². The summed E-state index contributed by atoms with van der Waals surface area (Å²) in [6, 6.07) is 1.98. The molecule has 0 aromatic carbocycles. The van der Waals surface area contributed by atoms with Crippen molar-refractivity contribution in [2.75, 3.05) is 0 Å². The maximum Gasteiger partial charge on any atom is 0.303 e. The van der Waals surface area contributed by atoms with Gasteiger partial charge in [-0.3, -0.25) is 4.79 Å². The summed E-state index contributed by atoms with van der Waals surface area (Å²) in [7, 11) is 0. The van der Waals surface area contributed by atoms with E-state index >= 15 is 0 Å². The molecule has 3 heteroatoms. The van der Waals surface area contributed by atoms with Gasteiger partial charge in [-0.25, -0.2) is 0 Å². The van der Waals surface area contributed by atoms with Crippen LogP contribution in [-0.4, -0.2) is 11.1 Å². The Morgan fingerprint density at radius 1 is 1.52 bits per heavy atom. The highest BCUT2D eigenvalue weighted by atomic mass is 16.4. The first kappa shape index (κ1) is 17.6. The zero-order valence-corrected chi connectivity index (χ0v) is 14.5. The first-order valence-electron chi connectivity index (χ1n) is 8.33. The fourth-order valence-corrected chi connectivity index (χ4v) is 4.25. The number of aryl methyl sites for hydroxylation is 1. The number of aliphatic carboxylic acids is 1. The Kier molecular flexibility index (Phi) is 5.18. The van der Waals surface area contributed by atoms with Crippen molar-refractivity contribution in [3.05, 3.63) is 48.0 Å². The molecule has 0 saturated heterocycles. The first-order valence-corrected chi connectivity index (χ1v) is 8.33. The minimum Gasteiger partial charge on any atom is -0.481 e. The van der Waals surface area contributed by atoms with Gasteiger partial charge in [0.05, 0.1) is 6.26 Å². The summed E-state index contributed by atoms with van der Waals surface area (Å²) < 4.78 is 5.65. The Morgan fingerprint density at radius 3 is 2.74 bits per heavy atom. The third-order valence-corrected chi connectivity index (χ3v) is 5.67. The molecule has 1 aromatic rings. The van der Waals surface area contributed by atoms with E-state index in [4.69, 9.17) is 4.42 Å². The van der Waals surface area contributed by atoms with Crippen LogP contribution in [0.15, 0.2) is 41.1 Å². The molecule has 1 heterocycles. The lowest BCUT2D eigenvalue weighted by molar-refractivity contribution is -0.138. The molecule has 1 aliphatic carbocycles. The number of carboxylic acid groups (broad SMARTS) is 1. The fraction of sp³-hybridized carbons (Fsp3) is 0.550. The fourth-order valence-electron chi connectivity index (χ4n) is 4.25. The van der Waals surface area contributed by atoms with E-state index in [1.807, 2.05) is 6.07 Å². The molecule has 0 amide bonds. The van der Waals surface area contributed by atoms with E-state index in [1.165, 1.54) is 5.57 Å². The molecule has 3 nitrogen and oxygen atoms in total. The Hall–Kier alpha value is -1.77. The Balaban J connectivity index is 2.35. The van der Waals surface area contributed by atoms with E-state index in [9.17, 15) is 9.90 Å². The van der Waals surface area contributed by atoms with Crippen LogP contribution in [-0.2, 0) is 11.2 Å². The minimum absolute atomic E-state index is 0.140. The van der Waals surface area contributed by atoms with Crippen molar-refractivity contribution in [2.45, 2.75) is 52.9 Å². The Morgan fingerprint density at radius 2 is 2.22 bits per heavy atom. The predicted octanol–water partition coefficient (Wildman–Crippen LogP) is 5.16. The largest absolute Gasteiger partial charge is 0.481 e. The molecule has 23 heavy (non-hydrogen) atoms. The lowest BCUT2D eigenvalue weighted by Gasteiger charge is -2.49. The van der Waals surface area contributed by atoms with Gasteiger partial charge in [-0.15, -0.1) is 0 Å². The lowest BCUT2D eigenvalue weighted by Crippen LogP contribution is -2.42. The van der Waals surface area contributed by atoms with Crippen molar-refractivity contribution >= 4 is 5.97 Å². The summed E-state index contributed by atoms with van der Waals surface area (Å²) >= 11 is 0. The number of hydrogen-bond acceptors (Lipinski definition) is 2. The summed E-state index contributed by atoms with van der Waals surface area (Å²) in [6.45, 7) is 14.8. The van der Waals surface area contributed by atoms with Crippen LogP contribution in [0.2, 0.25) is 0 Å². The summed E-state index contributed by atoms with van der Waals surface area (Å²) in [5.74, 6) is 0.797. The molecule has 3 atom stereocenters. The van der Waals surface area contributed by atoms with Crippen LogP contribution in [0.3, 0.4) is 0 Å². The van der Waals surface area contributed by atoms with Gasteiger partial charge in [-0.2, -0.15) is 0 Å². The second kappa shape index (κ2) is 6.77. The van der Waals surface area contributed by atoms with E-state index in [-0.39, 0.29) is 17.8 Å². The smallest absolute Gasteiger partial charge is 0.303 e. The van der Waals surface area contributed by atoms with Crippen LogP contribution in [0.25, 0.3) is 0 Å². The summed E-state index contributed by atoms with van der Waals surface area (Å²) in [6.07, 6.45) is 5.33. The molecule has 1 fully saturated rings. The third kappa shape index (κ3) is 3.60. The minimum atomic E-state index is -0.740. The highest BCUT2D eigenvalue weighted by Crippen LogP contribution is 2.53. The molecule has 1 aromatic heterocycles. The number of rotatable bonds is 6. The quantitative estimate of drug-likeness (QED) is 0.737. The zero-order chi connectivity index (χ0) is 17.2. The van der Waals surface area contributed by atoms with Crippen molar-refractivity contribution in [1.82, 2.24) is 0 Å². The zero-order valence-electron chi connectivity index (χ0n) is 14.5. The maximum atomic E-state index is 11.2. The number of hydrogen-bond donors (Lipinski definition) is 1. The Bertz CT molecular complexity index is 610. The van der Waals surface area contributed by atoms with E-state index in [1.54, 1.807) is 6.26 Å². The van der Waals surface area contributed by atoms with Gasteiger partial charge in [-0.05, 0) is 62.0 Å². The number of furan rings is 1. The average Bonchev–Trinajstić information content (AvgIpc) is 2.86. The molecule has 0 spiro atoms. The van der Waals surface area contributed by atoms with Gasteiger partial charge >= 0.3 is 5.97 Å². The van der Waals surface area contributed by atoms with Crippen LogP contribution in [0.5, 0.6) is 0 Å². The van der Waals surface area contributed by atoms with Gasteiger partial charge in [0.15, 0.2) is 0 Å². The number of carboxylic acids is 1. The van der Waals surface area contributed by atoms with Crippen molar-refractivity contribution in [1.29, 1.82) is 0 Å². The van der Waals surface area contributed by atoms with Crippen LogP contribution in [0, 0.1) is 24.2 Å². The molecular formula is C20H28O3. The number of carbonyl (C=O) groups is 1. The molecular weight excluding hydrogens is 288 g/mol. The summed E-state index contributed by atoms with van der Waals surface area (Å²) in [5.41, 5.74) is 3.37. The van der Waals surface area contributed by atoms with E-state index < -0.39 is 5.97 Å². The Labute approximate surface area is 139 Å². The van der Waals surface area contributed by atoms with Crippen LogP contribution in [0.1, 0.15) is 50.9 Å². The van der Waals surface area contributed by atoms with E-state index in [2.05, 4.69) is 33.9 Å². The van der Waals surface area contributed by atoms with E-state index in [0.29, 0.717) is 12.3 Å². The van der Waals surface area contributed by atoms with Crippen molar-refractivity contribution in [3.8, 4) is 0 Å². The van der Waals surface area contributed by atoms with Crippen LogP contribution >= 0.6 is 0 Å². The number of allylic oxidation sites excluding steroid dienone is 2. The van der Waals surface area contributed by atoms with Crippen LogP contribution < -0.4 is 0 Å². The molecule has 1 N–H and O–H groups in total. The second-order valence-corrected chi connectivity index (χ2v) is 7.28. The molecule has 126 valence electrons. The predicted molar refractivity (Wildman–Crippen MR) is 92.3 cm³/mol. The van der Waals surface area contributed by atoms with Gasteiger partial charge in [0.2, 0.25) is 0 Å². The molecule has 1 saturated carbocycles. The highest BCUT2D eigenvalue weighted by molar-refractivity contribution is 5.66. The molecule has 0 radical (unpaired) electrons. The normalized spacial score (nSPS) is 27.9. The monoisotopic (exact) mass is 316 g/mol. The lowest BCUT2D eigenvalue weighted by atomic mass is 9.55. The van der Waals surface area contributed by atoms with Crippen molar-refractivity contribution in [3.63, 3.8) is 0 Å². The second-order valence-electron chi connectivity index (χ2n) is 7.28. The maximum absolute atomic E-state index is 11.2. The molecule has 0 aliphatic heterocycles. The molecule has 0 bridgehead atoms. The summed E-state index contributed by atoms with van der Waals surface area (Å²) in [5, 5.41) is 9.17. The average molecular weight is 316 g/mol. The molecule has 1 aliphatic rings. The highest BCUT2D eigenvalue weighted by Gasteiger charge is 2.46. The van der Waals surface area contributed by atoms with Gasteiger partial charge in [-0.1, -0.05) is 31.2 Å². The topological polar surface area (TPSA) is 50.4 Å². The van der Waals surface area contributed by atoms with Gasteiger partial charge < -0.3 is 9.52 Å². The third-order valence-electron chi connectivity index (χ3n) is 5.67. The van der Waals surface area contributed by atoms with Crippen molar-refractivity contribution < 1.29 is 14.3 Å². The first-order chi connectivity index (χ1) is 10.8. The summed E-state index contributed by atoms with van der Waals surface area (Å²) in [4.78, 5) is 11.2. The van der Waals surface area contributed by atoms with E-state index in [0.717, 1.165) is 36.2 Å². The molecule has 2 rings (SSSR count). The van der Waals surface area contributed by atoms with Crippen LogP contribution in [0.4, 0.5) is 0 Å². The molecule has 0 unspecified atom stereocenters. The standard InChI is InChI=1S/C20H28O3/c1-13(2)16-7-6-14(3)17(12-18-15(4)9-11-23-18)20(16,5)10-8-19(21)22/h9,11,16-17H,1,3,6-8,10,12H2,2,4-5H3,(H,21,22)/t16-,17-,20-/m0/s1.